The van der Waals surface area contributed by atoms with E-state index in [-0.39, 0.29) is 6.04 Å². The summed E-state index contributed by atoms with van der Waals surface area (Å²) < 4.78 is 37.6. The molecular weight excluding hydrogens is 233 g/mol. The van der Waals surface area contributed by atoms with Gasteiger partial charge in [-0.1, -0.05) is 19.8 Å². The van der Waals surface area contributed by atoms with E-state index in [0.717, 1.165) is 25.7 Å². The van der Waals surface area contributed by atoms with Gasteiger partial charge in [-0.25, -0.2) is 0 Å². The van der Waals surface area contributed by atoms with Gasteiger partial charge in [-0.05, 0) is 25.7 Å². The molecule has 0 spiro atoms. The number of rotatable bonds is 2. The summed E-state index contributed by atoms with van der Waals surface area (Å²) in [4.78, 5) is 11.5. The molecule has 1 aliphatic carbocycles. The van der Waals surface area contributed by atoms with E-state index in [9.17, 15) is 18.0 Å². The van der Waals surface area contributed by atoms with Crippen molar-refractivity contribution in [2.75, 3.05) is 0 Å². The first kappa shape index (κ1) is 14.3. The summed E-state index contributed by atoms with van der Waals surface area (Å²) in [5.41, 5.74) is 2.24. The van der Waals surface area contributed by atoms with Gasteiger partial charge in [0.25, 0.3) is 0 Å². The van der Waals surface area contributed by atoms with Crippen LogP contribution in [-0.4, -0.2) is 23.7 Å². The Hall–Kier alpha value is -0.780. The molecular formula is C11H19F3N2O. The number of hydrogen-bond donors (Lipinski definition) is 2. The van der Waals surface area contributed by atoms with Crippen LogP contribution in [0.2, 0.25) is 0 Å². The molecule has 1 fully saturated rings. The Morgan fingerprint density at radius 3 is 2.41 bits per heavy atom. The molecule has 3 N–H and O–H groups in total. The maximum Gasteiger partial charge on any atom is 0.415 e. The van der Waals surface area contributed by atoms with Crippen molar-refractivity contribution in [1.29, 1.82) is 0 Å². The molecule has 1 aliphatic rings. The van der Waals surface area contributed by atoms with E-state index in [1.807, 2.05) is 6.92 Å². The van der Waals surface area contributed by atoms with Crippen molar-refractivity contribution in [3.05, 3.63) is 0 Å². The second-order valence-electron chi connectivity index (χ2n) is 5.14. The van der Waals surface area contributed by atoms with Crippen molar-refractivity contribution >= 4 is 5.91 Å². The van der Waals surface area contributed by atoms with Crippen molar-refractivity contribution in [3.8, 4) is 0 Å². The molecule has 0 aromatic heterocycles. The summed E-state index contributed by atoms with van der Waals surface area (Å²) in [6.45, 7) is 2.73. The average Bonchev–Trinajstić information content (AvgIpc) is 2.15. The molecule has 100 valence electrons. The third-order valence-corrected chi connectivity index (χ3v) is 3.33. The zero-order valence-electron chi connectivity index (χ0n) is 10.1. The van der Waals surface area contributed by atoms with E-state index in [2.05, 4.69) is 5.32 Å². The Kier molecular flexibility index (Phi) is 4.06. The average molecular weight is 252 g/mol. The Labute approximate surface area is 98.9 Å². The van der Waals surface area contributed by atoms with Crippen LogP contribution in [0.3, 0.4) is 0 Å². The van der Waals surface area contributed by atoms with Crippen molar-refractivity contribution in [3.63, 3.8) is 0 Å². The van der Waals surface area contributed by atoms with Crippen LogP contribution >= 0.6 is 0 Å². The van der Waals surface area contributed by atoms with Gasteiger partial charge >= 0.3 is 6.18 Å². The normalized spacial score (nSPS) is 29.5. The van der Waals surface area contributed by atoms with Gasteiger partial charge in [0.05, 0.1) is 0 Å². The van der Waals surface area contributed by atoms with Gasteiger partial charge in [0.2, 0.25) is 5.91 Å². The third-order valence-electron chi connectivity index (χ3n) is 3.33. The van der Waals surface area contributed by atoms with E-state index >= 15 is 0 Å². The Balaban J connectivity index is 2.60. The van der Waals surface area contributed by atoms with Gasteiger partial charge in [0.1, 0.15) is 0 Å². The third kappa shape index (κ3) is 3.34. The second kappa shape index (κ2) is 4.84. The van der Waals surface area contributed by atoms with Crippen molar-refractivity contribution < 1.29 is 18.0 Å². The van der Waals surface area contributed by atoms with Gasteiger partial charge in [0.15, 0.2) is 5.54 Å². The molecule has 3 atom stereocenters. The van der Waals surface area contributed by atoms with Gasteiger partial charge in [0, 0.05) is 6.04 Å². The molecule has 1 amide bonds. The summed E-state index contributed by atoms with van der Waals surface area (Å²) >= 11 is 0. The first-order chi connectivity index (χ1) is 7.64. The van der Waals surface area contributed by atoms with Gasteiger partial charge in [-0.3, -0.25) is 4.79 Å². The topological polar surface area (TPSA) is 55.1 Å². The lowest BCUT2D eigenvalue weighted by atomic mass is 9.86. The summed E-state index contributed by atoms with van der Waals surface area (Å²) in [7, 11) is 0. The van der Waals surface area contributed by atoms with Crippen LogP contribution in [-0.2, 0) is 4.79 Å². The summed E-state index contributed by atoms with van der Waals surface area (Å²) in [6, 6.07) is -0.184. The number of hydrogen-bond acceptors (Lipinski definition) is 2. The highest BCUT2D eigenvalue weighted by atomic mass is 19.4. The Morgan fingerprint density at radius 1 is 1.35 bits per heavy atom. The highest BCUT2D eigenvalue weighted by Crippen LogP contribution is 2.29. The van der Waals surface area contributed by atoms with E-state index in [4.69, 9.17) is 5.73 Å². The molecule has 0 saturated heterocycles. The fourth-order valence-electron chi connectivity index (χ4n) is 2.03. The number of carbonyl (C=O) groups is 1. The number of nitrogens with one attached hydrogen (secondary N) is 1. The first-order valence-electron chi connectivity index (χ1n) is 5.81. The summed E-state index contributed by atoms with van der Waals surface area (Å²) in [6.07, 6.45) is -1.29. The molecule has 0 aliphatic heterocycles. The van der Waals surface area contributed by atoms with Crippen LogP contribution in [0.4, 0.5) is 13.2 Å². The van der Waals surface area contributed by atoms with E-state index < -0.39 is 17.6 Å². The van der Waals surface area contributed by atoms with E-state index in [0.29, 0.717) is 12.8 Å². The second-order valence-corrected chi connectivity index (χ2v) is 5.14. The Bertz CT molecular complexity index is 289. The maximum absolute atomic E-state index is 12.5. The van der Waals surface area contributed by atoms with Crippen LogP contribution in [0, 0.1) is 5.92 Å². The smallest absolute Gasteiger partial charge is 0.351 e. The predicted molar refractivity (Wildman–Crippen MR) is 58.2 cm³/mol. The van der Waals surface area contributed by atoms with E-state index in [1.165, 1.54) is 0 Å². The molecule has 1 rings (SSSR count). The zero-order chi connectivity index (χ0) is 13.3. The maximum atomic E-state index is 12.5. The minimum absolute atomic E-state index is 0.184. The first-order valence-corrected chi connectivity index (χ1v) is 5.81. The molecule has 3 nitrogen and oxygen atoms in total. The fraction of sp³-hybridized carbons (Fsp3) is 0.909. The standard InChI is InChI=1S/C11H19F3N2O/c1-7-4-3-5-8(6-7)16-9(17)10(2,15)11(12,13)14/h7-8H,3-6,15H2,1-2H3,(H,16,17). The molecule has 17 heavy (non-hydrogen) atoms. The molecule has 3 unspecified atom stereocenters. The fourth-order valence-corrected chi connectivity index (χ4v) is 2.03. The number of carbonyl (C=O) groups excluding carboxylic acids is 1. The minimum atomic E-state index is -4.72. The van der Waals surface area contributed by atoms with Crippen molar-refractivity contribution in [2.24, 2.45) is 11.7 Å². The predicted octanol–water partition coefficient (Wildman–Crippen LogP) is 1.96. The van der Waals surface area contributed by atoms with Crippen molar-refractivity contribution in [1.82, 2.24) is 5.32 Å². The van der Waals surface area contributed by atoms with Crippen LogP contribution in [0.25, 0.3) is 0 Å². The lowest BCUT2D eigenvalue weighted by molar-refractivity contribution is -0.187. The van der Waals surface area contributed by atoms with Gasteiger partial charge < -0.3 is 11.1 Å². The number of nitrogens with two attached hydrogens (primary N) is 1. The number of alkyl halides is 3. The summed E-state index contributed by atoms with van der Waals surface area (Å²) in [5, 5.41) is 2.41. The molecule has 0 heterocycles. The molecule has 0 bridgehead atoms. The van der Waals surface area contributed by atoms with Crippen molar-refractivity contribution in [2.45, 2.75) is 57.3 Å². The lowest BCUT2D eigenvalue weighted by Gasteiger charge is -2.32. The monoisotopic (exact) mass is 252 g/mol. The molecule has 1 saturated carbocycles. The lowest BCUT2D eigenvalue weighted by Crippen LogP contribution is -2.62. The summed E-state index contributed by atoms with van der Waals surface area (Å²) in [5.74, 6) is -0.701. The Morgan fingerprint density at radius 2 is 1.94 bits per heavy atom. The number of amides is 1. The number of halogens is 3. The molecule has 6 heteroatoms. The molecule has 0 radical (unpaired) electrons. The van der Waals surface area contributed by atoms with Crippen LogP contribution < -0.4 is 11.1 Å². The molecule has 0 aromatic carbocycles. The zero-order valence-corrected chi connectivity index (χ0v) is 10.1. The SMILES string of the molecule is CC1CCCC(NC(=O)C(C)(N)C(F)(F)F)C1. The highest BCUT2D eigenvalue weighted by molar-refractivity contribution is 5.86. The van der Waals surface area contributed by atoms with Crippen LogP contribution in [0.15, 0.2) is 0 Å². The highest BCUT2D eigenvalue weighted by Gasteiger charge is 2.54. The quantitative estimate of drug-likeness (QED) is 0.789. The largest absolute Gasteiger partial charge is 0.415 e. The van der Waals surface area contributed by atoms with Gasteiger partial charge in [-0.15, -0.1) is 0 Å². The minimum Gasteiger partial charge on any atom is -0.351 e. The van der Waals surface area contributed by atoms with E-state index in [1.54, 1.807) is 0 Å². The van der Waals surface area contributed by atoms with Crippen LogP contribution in [0.5, 0.6) is 0 Å². The van der Waals surface area contributed by atoms with Crippen LogP contribution in [0.1, 0.15) is 39.5 Å². The molecule has 0 aromatic rings. The van der Waals surface area contributed by atoms with Gasteiger partial charge in [-0.2, -0.15) is 13.2 Å².